The summed E-state index contributed by atoms with van der Waals surface area (Å²) in [6.07, 6.45) is 0. The van der Waals surface area contributed by atoms with Gasteiger partial charge in [-0.1, -0.05) is 34.8 Å². The van der Waals surface area contributed by atoms with Crippen LogP contribution in [-0.2, 0) is 6.61 Å². The van der Waals surface area contributed by atoms with Crippen molar-refractivity contribution >= 4 is 50.7 Å². The number of benzene rings is 1. The number of pyridine rings is 1. The second kappa shape index (κ2) is 6.27. The zero-order valence-electron chi connectivity index (χ0n) is 9.26. The quantitative estimate of drug-likeness (QED) is 0.512. The summed E-state index contributed by atoms with van der Waals surface area (Å²) in [6.45, 7) is 0.0685. The number of hydrogen-bond donors (Lipinski definition) is 0. The molecule has 0 saturated heterocycles. The van der Waals surface area contributed by atoms with Crippen LogP contribution in [0.3, 0.4) is 0 Å². The van der Waals surface area contributed by atoms with Crippen molar-refractivity contribution in [2.24, 2.45) is 0 Å². The summed E-state index contributed by atoms with van der Waals surface area (Å²) in [6, 6.07) is 5.79. The minimum absolute atomic E-state index is 0.0122. The van der Waals surface area contributed by atoms with Crippen LogP contribution in [0.4, 0.5) is 4.39 Å². The molecule has 0 radical (unpaired) electrons. The average molecular weight is 385 g/mol. The summed E-state index contributed by atoms with van der Waals surface area (Å²) in [7, 11) is 0. The molecular formula is C12H6BrCl3FNO. The van der Waals surface area contributed by atoms with Gasteiger partial charge in [-0.2, -0.15) is 0 Å². The van der Waals surface area contributed by atoms with Gasteiger partial charge in [0, 0.05) is 6.07 Å². The maximum atomic E-state index is 13.3. The average Bonchev–Trinajstić information content (AvgIpc) is 2.36. The SMILES string of the molecule is Fc1cc(OCc2nc(Cl)ccc2Cl)c(Br)cc1Cl. The zero-order chi connectivity index (χ0) is 14.0. The van der Waals surface area contributed by atoms with E-state index in [-0.39, 0.29) is 11.6 Å². The third kappa shape index (κ3) is 3.72. The van der Waals surface area contributed by atoms with Crippen molar-refractivity contribution in [1.82, 2.24) is 4.98 Å². The molecule has 0 bridgehead atoms. The second-order valence-electron chi connectivity index (χ2n) is 3.55. The summed E-state index contributed by atoms with van der Waals surface area (Å²) < 4.78 is 19.3. The van der Waals surface area contributed by atoms with E-state index >= 15 is 0 Å². The number of nitrogens with zero attached hydrogens (tertiary/aromatic N) is 1. The van der Waals surface area contributed by atoms with Crippen molar-refractivity contribution in [2.75, 3.05) is 0 Å². The standard InChI is InChI=1S/C12H6BrCl3FNO/c13-6-3-8(15)9(17)4-11(6)19-5-10-7(14)1-2-12(16)18-10/h1-4H,5H2. The summed E-state index contributed by atoms with van der Waals surface area (Å²) >= 11 is 20.6. The van der Waals surface area contributed by atoms with E-state index in [1.807, 2.05) is 0 Å². The highest BCUT2D eigenvalue weighted by Crippen LogP contribution is 2.31. The fraction of sp³-hybridized carbons (Fsp3) is 0.0833. The van der Waals surface area contributed by atoms with E-state index in [0.29, 0.717) is 26.1 Å². The van der Waals surface area contributed by atoms with Crippen molar-refractivity contribution in [3.63, 3.8) is 0 Å². The maximum Gasteiger partial charge on any atom is 0.145 e. The lowest BCUT2D eigenvalue weighted by molar-refractivity contribution is 0.298. The van der Waals surface area contributed by atoms with Gasteiger partial charge < -0.3 is 4.74 Å². The number of aromatic nitrogens is 1. The van der Waals surface area contributed by atoms with E-state index in [9.17, 15) is 4.39 Å². The smallest absolute Gasteiger partial charge is 0.145 e. The predicted molar refractivity (Wildman–Crippen MR) is 77.7 cm³/mol. The van der Waals surface area contributed by atoms with E-state index in [1.165, 1.54) is 12.1 Å². The van der Waals surface area contributed by atoms with Gasteiger partial charge in [0.25, 0.3) is 0 Å². The van der Waals surface area contributed by atoms with Gasteiger partial charge in [-0.05, 0) is 34.1 Å². The van der Waals surface area contributed by atoms with Gasteiger partial charge in [-0.3, -0.25) is 0 Å². The first-order valence-corrected chi connectivity index (χ1v) is 6.98. The van der Waals surface area contributed by atoms with Crippen molar-refractivity contribution in [3.05, 3.63) is 55.4 Å². The Hall–Kier alpha value is -0.550. The van der Waals surface area contributed by atoms with Crippen LogP contribution in [-0.4, -0.2) is 4.98 Å². The van der Waals surface area contributed by atoms with Crippen LogP contribution < -0.4 is 4.74 Å². The van der Waals surface area contributed by atoms with Crippen molar-refractivity contribution in [1.29, 1.82) is 0 Å². The Morgan fingerprint density at radius 2 is 1.89 bits per heavy atom. The Balaban J connectivity index is 2.19. The third-order valence-corrected chi connectivity index (χ3v) is 3.69. The van der Waals surface area contributed by atoms with Crippen LogP contribution >= 0.6 is 50.7 Å². The molecule has 1 aromatic carbocycles. The molecule has 19 heavy (non-hydrogen) atoms. The molecule has 2 aromatic rings. The van der Waals surface area contributed by atoms with Gasteiger partial charge in [-0.15, -0.1) is 0 Å². The van der Waals surface area contributed by atoms with Gasteiger partial charge in [0.15, 0.2) is 0 Å². The van der Waals surface area contributed by atoms with Crippen molar-refractivity contribution < 1.29 is 9.13 Å². The first kappa shape index (κ1) is 14.9. The highest BCUT2D eigenvalue weighted by molar-refractivity contribution is 9.10. The van der Waals surface area contributed by atoms with Crippen LogP contribution in [0.5, 0.6) is 5.75 Å². The predicted octanol–water partition coefficient (Wildman–Crippen LogP) is 5.52. The van der Waals surface area contributed by atoms with Crippen LogP contribution in [0, 0.1) is 5.82 Å². The molecule has 2 nitrogen and oxygen atoms in total. The molecule has 7 heteroatoms. The molecule has 0 amide bonds. The molecule has 0 saturated carbocycles. The molecule has 2 rings (SSSR count). The molecule has 0 aliphatic heterocycles. The first-order chi connectivity index (χ1) is 8.97. The fourth-order valence-electron chi connectivity index (χ4n) is 1.32. The normalized spacial score (nSPS) is 10.6. The Kier molecular flexibility index (Phi) is 4.90. The first-order valence-electron chi connectivity index (χ1n) is 5.05. The summed E-state index contributed by atoms with van der Waals surface area (Å²) in [4.78, 5) is 4.03. The summed E-state index contributed by atoms with van der Waals surface area (Å²) in [5.74, 6) is -0.259. The summed E-state index contributed by atoms with van der Waals surface area (Å²) in [5.41, 5.74) is 0.469. The Labute approximate surface area is 132 Å². The highest BCUT2D eigenvalue weighted by Gasteiger charge is 2.10. The molecule has 0 spiro atoms. The maximum absolute atomic E-state index is 13.3. The molecule has 1 aromatic heterocycles. The van der Waals surface area contributed by atoms with E-state index in [0.717, 1.165) is 0 Å². The lowest BCUT2D eigenvalue weighted by Gasteiger charge is -2.09. The Morgan fingerprint density at radius 3 is 2.63 bits per heavy atom. The minimum atomic E-state index is -0.565. The van der Waals surface area contributed by atoms with Gasteiger partial charge in [-0.25, -0.2) is 9.37 Å². The molecule has 0 atom stereocenters. The molecule has 0 aliphatic carbocycles. The van der Waals surface area contributed by atoms with Crippen LogP contribution in [0.25, 0.3) is 0 Å². The van der Waals surface area contributed by atoms with Crippen LogP contribution in [0.1, 0.15) is 5.69 Å². The highest BCUT2D eigenvalue weighted by atomic mass is 79.9. The molecule has 0 aliphatic rings. The van der Waals surface area contributed by atoms with Crippen molar-refractivity contribution in [3.8, 4) is 5.75 Å². The number of halogens is 5. The van der Waals surface area contributed by atoms with Gasteiger partial charge >= 0.3 is 0 Å². The molecule has 0 fully saturated rings. The molecule has 100 valence electrons. The molecule has 0 N–H and O–H groups in total. The number of rotatable bonds is 3. The van der Waals surface area contributed by atoms with E-state index < -0.39 is 5.82 Å². The third-order valence-electron chi connectivity index (χ3n) is 2.22. The Bertz CT molecular complexity index is 624. The fourth-order valence-corrected chi connectivity index (χ4v) is 2.40. The van der Waals surface area contributed by atoms with E-state index in [2.05, 4.69) is 20.9 Å². The number of ether oxygens (including phenoxy) is 1. The van der Waals surface area contributed by atoms with Gasteiger partial charge in [0.05, 0.1) is 20.2 Å². The molecule has 0 unspecified atom stereocenters. The lowest BCUT2D eigenvalue weighted by Crippen LogP contribution is -2.00. The lowest BCUT2D eigenvalue weighted by atomic mass is 10.3. The number of hydrogen-bond acceptors (Lipinski definition) is 2. The van der Waals surface area contributed by atoms with Crippen LogP contribution in [0.2, 0.25) is 15.2 Å². The minimum Gasteiger partial charge on any atom is -0.486 e. The molecule has 1 heterocycles. The zero-order valence-corrected chi connectivity index (χ0v) is 13.1. The second-order valence-corrected chi connectivity index (χ2v) is 5.60. The van der Waals surface area contributed by atoms with Crippen molar-refractivity contribution in [2.45, 2.75) is 6.61 Å². The topological polar surface area (TPSA) is 22.1 Å². The monoisotopic (exact) mass is 383 g/mol. The Morgan fingerprint density at radius 1 is 1.16 bits per heavy atom. The summed E-state index contributed by atoms with van der Waals surface area (Å²) in [5, 5.41) is 0.748. The van der Waals surface area contributed by atoms with Gasteiger partial charge in [0.1, 0.15) is 23.3 Å². The van der Waals surface area contributed by atoms with E-state index in [1.54, 1.807) is 12.1 Å². The van der Waals surface area contributed by atoms with Crippen LogP contribution in [0.15, 0.2) is 28.7 Å². The largest absolute Gasteiger partial charge is 0.486 e. The molecular weight excluding hydrogens is 379 g/mol. The van der Waals surface area contributed by atoms with Gasteiger partial charge in [0.2, 0.25) is 0 Å². The van der Waals surface area contributed by atoms with E-state index in [4.69, 9.17) is 39.5 Å².